The van der Waals surface area contributed by atoms with Gasteiger partial charge >= 0.3 is 0 Å². The van der Waals surface area contributed by atoms with E-state index < -0.39 is 11.7 Å². The van der Waals surface area contributed by atoms with Crippen molar-refractivity contribution < 1.29 is 18.7 Å². The molecule has 196 valence electrons. The summed E-state index contributed by atoms with van der Waals surface area (Å²) in [5, 5.41) is 3.65. The summed E-state index contributed by atoms with van der Waals surface area (Å²) in [6, 6.07) is 21.0. The van der Waals surface area contributed by atoms with E-state index in [4.69, 9.17) is 16.3 Å². The van der Waals surface area contributed by atoms with Crippen LogP contribution < -0.4 is 19.9 Å². The van der Waals surface area contributed by atoms with Crippen LogP contribution in [0.2, 0.25) is 5.02 Å². The Bertz CT molecular complexity index is 1360. The van der Waals surface area contributed by atoms with Crippen LogP contribution in [0.3, 0.4) is 0 Å². The van der Waals surface area contributed by atoms with Crippen molar-refractivity contribution in [1.82, 2.24) is 10.2 Å². The Morgan fingerprint density at radius 3 is 2.55 bits per heavy atom. The molecule has 3 aromatic rings. The van der Waals surface area contributed by atoms with Gasteiger partial charge < -0.3 is 15.0 Å². The molecule has 2 amide bonds. The predicted octanol–water partition coefficient (Wildman–Crippen LogP) is 4.18. The highest BCUT2D eigenvalue weighted by atomic mass is 35.5. The third kappa shape index (κ3) is 5.98. The minimum absolute atomic E-state index is 0.0424. The molecule has 1 N–H and O–H groups in total. The fourth-order valence-corrected chi connectivity index (χ4v) is 4.79. The van der Waals surface area contributed by atoms with Crippen LogP contribution in [-0.4, -0.2) is 62.5 Å². The van der Waals surface area contributed by atoms with E-state index in [9.17, 15) is 14.0 Å². The van der Waals surface area contributed by atoms with Crippen LogP contribution in [0.15, 0.2) is 78.6 Å². The molecule has 0 aliphatic carbocycles. The van der Waals surface area contributed by atoms with Crippen molar-refractivity contribution in [3.8, 4) is 5.75 Å². The number of rotatable bonds is 7. The van der Waals surface area contributed by atoms with E-state index in [1.807, 2.05) is 18.2 Å². The molecular formula is C29H28ClFN4O3. The molecule has 7 nitrogen and oxygen atoms in total. The number of hydrogen-bond acceptors (Lipinski definition) is 5. The van der Waals surface area contributed by atoms with E-state index in [1.165, 1.54) is 17.0 Å². The lowest BCUT2D eigenvalue weighted by Crippen LogP contribution is -2.49. The average Bonchev–Trinajstić information content (AvgIpc) is 2.92. The number of amides is 2. The molecule has 0 atom stereocenters. The van der Waals surface area contributed by atoms with E-state index in [0.29, 0.717) is 24.5 Å². The number of carbonyl (C=O) groups excluding carboxylic acids is 2. The van der Waals surface area contributed by atoms with Crippen molar-refractivity contribution in [1.29, 1.82) is 0 Å². The number of carbonyl (C=O) groups is 2. The summed E-state index contributed by atoms with van der Waals surface area (Å²) in [5.74, 6) is -0.857. The molecule has 2 aliphatic rings. The Morgan fingerprint density at radius 2 is 1.76 bits per heavy atom. The molecule has 3 aromatic carbocycles. The zero-order valence-electron chi connectivity index (χ0n) is 20.8. The summed E-state index contributed by atoms with van der Waals surface area (Å²) in [4.78, 5) is 32.0. The molecule has 0 saturated carbocycles. The third-order valence-electron chi connectivity index (χ3n) is 6.62. The highest BCUT2D eigenvalue weighted by Gasteiger charge is 2.31. The van der Waals surface area contributed by atoms with E-state index in [2.05, 4.69) is 21.2 Å². The van der Waals surface area contributed by atoms with Crippen LogP contribution >= 0.6 is 11.6 Å². The molecule has 9 heteroatoms. The number of nitrogens with zero attached hydrogens (tertiary/aromatic N) is 3. The standard InChI is InChI=1S/C29H28ClFN4O3/c30-22-7-5-8-23(19-22)34-16-14-33(15-17-34)13-12-32-28(36)20-35-25-10-3-4-11-26(25)38-27(29(35)37)18-21-6-1-2-9-24(21)31/h1-11,18-19H,12-17,20H2,(H,32,36). The number of hydrogen-bond donors (Lipinski definition) is 1. The fourth-order valence-electron chi connectivity index (χ4n) is 4.61. The number of halogens is 2. The predicted molar refractivity (Wildman–Crippen MR) is 147 cm³/mol. The SMILES string of the molecule is O=C(CN1C(=O)C(=Cc2ccccc2F)Oc2ccccc21)NCCN1CCN(c2cccc(Cl)c2)CC1. The Kier molecular flexibility index (Phi) is 7.91. The average molecular weight is 535 g/mol. The highest BCUT2D eigenvalue weighted by Crippen LogP contribution is 2.35. The number of benzene rings is 3. The summed E-state index contributed by atoms with van der Waals surface area (Å²) in [6.07, 6.45) is 1.36. The van der Waals surface area contributed by atoms with Crippen LogP contribution in [0.1, 0.15) is 5.56 Å². The van der Waals surface area contributed by atoms with E-state index in [-0.39, 0.29) is 23.8 Å². The van der Waals surface area contributed by atoms with E-state index >= 15 is 0 Å². The second-order valence-corrected chi connectivity index (χ2v) is 9.59. The van der Waals surface area contributed by atoms with E-state index in [1.54, 1.807) is 42.5 Å². The first kappa shape index (κ1) is 25.8. The first-order valence-electron chi connectivity index (χ1n) is 12.5. The van der Waals surface area contributed by atoms with Crippen LogP contribution in [0, 0.1) is 5.82 Å². The largest absolute Gasteiger partial charge is 0.449 e. The van der Waals surface area contributed by atoms with E-state index in [0.717, 1.165) is 36.9 Å². The number of piperazine rings is 1. The molecule has 0 bridgehead atoms. The molecule has 0 spiro atoms. The third-order valence-corrected chi connectivity index (χ3v) is 6.86. The topological polar surface area (TPSA) is 65.1 Å². The first-order chi connectivity index (χ1) is 18.5. The van der Waals surface area contributed by atoms with Crippen molar-refractivity contribution >= 4 is 40.9 Å². The van der Waals surface area contributed by atoms with Crippen LogP contribution in [0.25, 0.3) is 6.08 Å². The van der Waals surface area contributed by atoms with Gasteiger partial charge in [-0.2, -0.15) is 0 Å². The second-order valence-electron chi connectivity index (χ2n) is 9.15. The van der Waals surface area contributed by atoms with Gasteiger partial charge in [-0.1, -0.05) is 48.0 Å². The quantitative estimate of drug-likeness (QED) is 0.461. The van der Waals surface area contributed by atoms with Gasteiger partial charge in [-0.05, 0) is 42.5 Å². The maximum Gasteiger partial charge on any atom is 0.294 e. The molecule has 1 saturated heterocycles. The normalized spacial score (nSPS) is 16.8. The Balaban J connectivity index is 1.17. The van der Waals surface area contributed by atoms with Gasteiger partial charge in [0.2, 0.25) is 5.91 Å². The van der Waals surface area contributed by atoms with Gasteiger partial charge in [0.05, 0.1) is 5.69 Å². The van der Waals surface area contributed by atoms with Gasteiger partial charge in [0.25, 0.3) is 5.91 Å². The molecular weight excluding hydrogens is 507 g/mol. The number of anilines is 2. The Hall–Kier alpha value is -3.88. The van der Waals surface area contributed by atoms with Gasteiger partial charge in [-0.25, -0.2) is 4.39 Å². The summed E-state index contributed by atoms with van der Waals surface area (Å²) in [7, 11) is 0. The van der Waals surface area contributed by atoms with Crippen LogP contribution in [-0.2, 0) is 9.59 Å². The van der Waals surface area contributed by atoms with Gasteiger partial charge in [0, 0.05) is 55.5 Å². The van der Waals surface area contributed by atoms with Crippen molar-refractivity contribution in [3.63, 3.8) is 0 Å². The van der Waals surface area contributed by atoms with Crippen molar-refractivity contribution in [3.05, 3.63) is 95.0 Å². The van der Waals surface area contributed by atoms with Gasteiger partial charge in [0.15, 0.2) is 11.5 Å². The maximum absolute atomic E-state index is 14.2. The molecule has 0 radical (unpaired) electrons. The first-order valence-corrected chi connectivity index (χ1v) is 12.9. The monoisotopic (exact) mass is 534 g/mol. The second kappa shape index (κ2) is 11.7. The number of para-hydroxylation sites is 2. The number of fused-ring (bicyclic) bond motifs is 1. The lowest BCUT2D eigenvalue weighted by molar-refractivity contribution is -0.123. The molecule has 2 heterocycles. The van der Waals surface area contributed by atoms with Crippen LogP contribution in [0.5, 0.6) is 5.75 Å². The lowest BCUT2D eigenvalue weighted by atomic mass is 10.1. The summed E-state index contributed by atoms with van der Waals surface area (Å²) in [6.45, 7) is 4.52. The number of nitrogens with one attached hydrogen (secondary N) is 1. The molecule has 1 fully saturated rings. The molecule has 38 heavy (non-hydrogen) atoms. The van der Waals surface area contributed by atoms with Crippen molar-refractivity contribution in [2.24, 2.45) is 0 Å². The molecule has 2 aliphatic heterocycles. The highest BCUT2D eigenvalue weighted by molar-refractivity contribution is 6.30. The zero-order valence-corrected chi connectivity index (χ0v) is 21.5. The summed E-state index contributed by atoms with van der Waals surface area (Å²) >= 11 is 6.12. The Morgan fingerprint density at radius 1 is 1.00 bits per heavy atom. The van der Waals surface area contributed by atoms with Crippen LogP contribution in [0.4, 0.5) is 15.8 Å². The smallest absolute Gasteiger partial charge is 0.294 e. The lowest BCUT2D eigenvalue weighted by Gasteiger charge is -2.36. The maximum atomic E-state index is 14.2. The van der Waals surface area contributed by atoms with Gasteiger partial charge in [-0.15, -0.1) is 0 Å². The minimum Gasteiger partial charge on any atom is -0.449 e. The van der Waals surface area contributed by atoms with Crippen molar-refractivity contribution in [2.45, 2.75) is 0 Å². The molecule has 5 rings (SSSR count). The number of ether oxygens (including phenoxy) is 1. The zero-order chi connectivity index (χ0) is 26.5. The molecule has 0 aromatic heterocycles. The minimum atomic E-state index is -0.501. The Labute approximate surface area is 226 Å². The molecule has 0 unspecified atom stereocenters. The summed E-state index contributed by atoms with van der Waals surface area (Å²) in [5.41, 5.74) is 1.84. The van der Waals surface area contributed by atoms with Crippen molar-refractivity contribution in [2.75, 3.05) is 55.6 Å². The summed E-state index contributed by atoms with van der Waals surface area (Å²) < 4.78 is 20.0. The van der Waals surface area contributed by atoms with Gasteiger partial charge in [0.1, 0.15) is 12.4 Å². The van der Waals surface area contributed by atoms with Gasteiger partial charge in [-0.3, -0.25) is 19.4 Å². The fraction of sp³-hybridized carbons (Fsp3) is 0.241.